The molecule has 0 spiro atoms. The Morgan fingerprint density at radius 1 is 0.900 bits per heavy atom. The van der Waals surface area contributed by atoms with Crippen LogP contribution in [0.15, 0.2) is 0 Å². The fourth-order valence-corrected chi connectivity index (χ4v) is 6.79. The lowest BCUT2D eigenvalue weighted by Gasteiger charge is -2.54. The van der Waals surface area contributed by atoms with Gasteiger partial charge in [-0.2, -0.15) is 17.4 Å². The molecule has 4 saturated carbocycles. The molecule has 4 aliphatic carbocycles. The van der Waals surface area contributed by atoms with Crippen LogP contribution in [0.4, 0.5) is 0 Å². The summed E-state index contributed by atoms with van der Waals surface area (Å²) in [7, 11) is -3.28. The summed E-state index contributed by atoms with van der Waals surface area (Å²) in [5.74, 6) is 2.97. The third-order valence-corrected chi connectivity index (χ3v) is 7.54. The van der Waals surface area contributed by atoms with E-state index in [1.807, 2.05) is 0 Å². The van der Waals surface area contributed by atoms with E-state index in [9.17, 15) is 8.42 Å². The molecule has 6 heteroatoms. The SMILES string of the molecule is O=S(=O)(NC1C2CC3CC(C2)CC1C3)N1CCNCC1. The highest BCUT2D eigenvalue weighted by atomic mass is 32.2. The zero-order chi connectivity index (χ0) is 13.7. The van der Waals surface area contributed by atoms with E-state index in [0.717, 1.165) is 24.9 Å². The van der Waals surface area contributed by atoms with Gasteiger partial charge in [0.25, 0.3) is 10.2 Å². The van der Waals surface area contributed by atoms with Crippen molar-refractivity contribution in [2.45, 2.75) is 38.1 Å². The van der Waals surface area contributed by atoms with Gasteiger partial charge >= 0.3 is 0 Å². The molecular formula is C14H25N3O2S. The average Bonchev–Trinajstić information content (AvgIpc) is 2.43. The van der Waals surface area contributed by atoms with Gasteiger partial charge in [0.2, 0.25) is 0 Å². The molecule has 5 aliphatic rings. The first-order valence-corrected chi connectivity index (χ1v) is 9.54. The number of rotatable bonds is 3. The lowest BCUT2D eigenvalue weighted by Crippen LogP contribution is -2.59. The zero-order valence-corrected chi connectivity index (χ0v) is 12.7. The molecule has 0 amide bonds. The van der Waals surface area contributed by atoms with E-state index in [2.05, 4.69) is 10.0 Å². The van der Waals surface area contributed by atoms with Crippen LogP contribution >= 0.6 is 0 Å². The van der Waals surface area contributed by atoms with Crippen LogP contribution < -0.4 is 10.0 Å². The van der Waals surface area contributed by atoms with Gasteiger partial charge in [0, 0.05) is 32.2 Å². The zero-order valence-electron chi connectivity index (χ0n) is 11.9. The van der Waals surface area contributed by atoms with Gasteiger partial charge in [-0.15, -0.1) is 0 Å². The maximum Gasteiger partial charge on any atom is 0.279 e. The summed E-state index contributed by atoms with van der Waals surface area (Å²) in [6.45, 7) is 2.73. The lowest BCUT2D eigenvalue weighted by atomic mass is 9.54. The molecule has 0 aromatic rings. The highest BCUT2D eigenvalue weighted by Gasteiger charge is 2.49. The maximum absolute atomic E-state index is 12.6. The minimum atomic E-state index is -3.28. The van der Waals surface area contributed by atoms with E-state index < -0.39 is 10.2 Å². The Kier molecular flexibility index (Phi) is 3.33. The number of hydrogen-bond acceptors (Lipinski definition) is 3. The van der Waals surface area contributed by atoms with Crippen LogP contribution in [0.5, 0.6) is 0 Å². The van der Waals surface area contributed by atoms with E-state index in [4.69, 9.17) is 0 Å². The van der Waals surface area contributed by atoms with Gasteiger partial charge in [0.05, 0.1) is 0 Å². The molecule has 114 valence electrons. The highest BCUT2D eigenvalue weighted by Crippen LogP contribution is 2.53. The summed E-state index contributed by atoms with van der Waals surface area (Å²) in [6.07, 6.45) is 6.41. The molecule has 2 N–H and O–H groups in total. The minimum Gasteiger partial charge on any atom is -0.314 e. The van der Waals surface area contributed by atoms with Gasteiger partial charge in [0.1, 0.15) is 0 Å². The Balaban J connectivity index is 1.48. The van der Waals surface area contributed by atoms with Crippen LogP contribution in [0.2, 0.25) is 0 Å². The van der Waals surface area contributed by atoms with Crippen LogP contribution in [0, 0.1) is 23.7 Å². The van der Waals surface area contributed by atoms with E-state index in [1.54, 1.807) is 4.31 Å². The molecule has 0 aromatic heterocycles. The van der Waals surface area contributed by atoms with Crippen molar-refractivity contribution in [1.82, 2.24) is 14.3 Å². The highest BCUT2D eigenvalue weighted by molar-refractivity contribution is 7.87. The van der Waals surface area contributed by atoms with Gasteiger partial charge in [-0.05, 0) is 55.8 Å². The Hall–Kier alpha value is -0.170. The number of nitrogens with one attached hydrogen (secondary N) is 2. The van der Waals surface area contributed by atoms with Gasteiger partial charge < -0.3 is 5.32 Å². The van der Waals surface area contributed by atoms with E-state index in [-0.39, 0.29) is 6.04 Å². The topological polar surface area (TPSA) is 61.4 Å². The summed E-state index contributed by atoms with van der Waals surface area (Å²) >= 11 is 0. The molecule has 5 nitrogen and oxygen atoms in total. The third-order valence-electron chi connectivity index (χ3n) is 5.93. The standard InChI is InChI=1S/C14H25N3O2S/c18-20(19,17-3-1-15-2-4-17)16-14-12-6-10-5-11(8-12)9-13(14)7-10/h10-16H,1-9H2. The van der Waals surface area contributed by atoms with Crippen LogP contribution in [-0.4, -0.2) is 44.9 Å². The number of hydrogen-bond donors (Lipinski definition) is 2. The first kappa shape index (κ1) is 13.5. The average molecular weight is 299 g/mol. The third kappa shape index (κ3) is 2.30. The van der Waals surface area contributed by atoms with Crippen LogP contribution in [0.1, 0.15) is 32.1 Å². The second-order valence-electron chi connectivity index (χ2n) is 7.23. The normalized spacial score (nSPS) is 44.9. The van der Waals surface area contributed by atoms with Crippen molar-refractivity contribution in [2.24, 2.45) is 23.7 Å². The molecule has 5 fully saturated rings. The van der Waals surface area contributed by atoms with Crippen molar-refractivity contribution in [3.63, 3.8) is 0 Å². The molecule has 1 aliphatic heterocycles. The maximum atomic E-state index is 12.6. The van der Waals surface area contributed by atoms with Gasteiger partial charge in [0.15, 0.2) is 0 Å². The lowest BCUT2D eigenvalue weighted by molar-refractivity contribution is -0.00614. The second-order valence-corrected chi connectivity index (χ2v) is 8.93. The molecule has 0 radical (unpaired) electrons. The molecule has 0 unspecified atom stereocenters. The first-order chi connectivity index (χ1) is 9.62. The van der Waals surface area contributed by atoms with Crippen LogP contribution in [0.25, 0.3) is 0 Å². The molecule has 0 atom stereocenters. The van der Waals surface area contributed by atoms with E-state index >= 15 is 0 Å². The molecular weight excluding hydrogens is 274 g/mol. The summed E-state index contributed by atoms with van der Waals surface area (Å²) in [5, 5.41) is 3.21. The van der Waals surface area contributed by atoms with Crippen molar-refractivity contribution in [3.8, 4) is 0 Å². The monoisotopic (exact) mass is 299 g/mol. The summed E-state index contributed by atoms with van der Waals surface area (Å²) in [4.78, 5) is 0. The smallest absolute Gasteiger partial charge is 0.279 e. The van der Waals surface area contributed by atoms with Crippen molar-refractivity contribution >= 4 is 10.2 Å². The molecule has 4 bridgehead atoms. The molecule has 0 aromatic carbocycles. The Labute approximate surface area is 121 Å². The predicted molar refractivity (Wildman–Crippen MR) is 77.3 cm³/mol. The Morgan fingerprint density at radius 3 is 2.00 bits per heavy atom. The number of piperazine rings is 1. The minimum absolute atomic E-state index is 0.211. The fourth-order valence-electron chi connectivity index (χ4n) is 5.25. The van der Waals surface area contributed by atoms with Gasteiger partial charge in [-0.3, -0.25) is 0 Å². The molecule has 5 rings (SSSR count). The van der Waals surface area contributed by atoms with Crippen molar-refractivity contribution in [2.75, 3.05) is 26.2 Å². The van der Waals surface area contributed by atoms with Gasteiger partial charge in [-0.25, -0.2) is 0 Å². The predicted octanol–water partition coefficient (Wildman–Crippen LogP) is 0.551. The van der Waals surface area contributed by atoms with Crippen LogP contribution in [0.3, 0.4) is 0 Å². The van der Waals surface area contributed by atoms with Crippen molar-refractivity contribution < 1.29 is 8.42 Å². The fraction of sp³-hybridized carbons (Fsp3) is 1.00. The van der Waals surface area contributed by atoms with Gasteiger partial charge in [-0.1, -0.05) is 0 Å². The molecule has 1 saturated heterocycles. The summed E-state index contributed by atoms with van der Waals surface area (Å²) < 4.78 is 29.8. The second kappa shape index (κ2) is 4.93. The molecule has 1 heterocycles. The number of nitrogens with zero attached hydrogens (tertiary/aromatic N) is 1. The largest absolute Gasteiger partial charge is 0.314 e. The van der Waals surface area contributed by atoms with Crippen molar-refractivity contribution in [3.05, 3.63) is 0 Å². The first-order valence-electron chi connectivity index (χ1n) is 8.10. The summed E-state index contributed by atoms with van der Waals surface area (Å²) in [6, 6.07) is 0.211. The summed E-state index contributed by atoms with van der Waals surface area (Å²) in [5.41, 5.74) is 0. The molecule has 20 heavy (non-hydrogen) atoms. The van der Waals surface area contributed by atoms with Crippen molar-refractivity contribution in [1.29, 1.82) is 0 Å². The van der Waals surface area contributed by atoms with Crippen LogP contribution in [-0.2, 0) is 10.2 Å². The Bertz CT molecular complexity index is 445. The van der Waals surface area contributed by atoms with E-state index in [1.165, 1.54) is 32.1 Å². The Morgan fingerprint density at radius 2 is 1.45 bits per heavy atom. The van der Waals surface area contributed by atoms with E-state index in [0.29, 0.717) is 24.9 Å². The quantitative estimate of drug-likeness (QED) is 0.800.